The molecule has 126 valence electrons. The number of nitrogens with two attached hydrogens (primary N) is 1. The molecule has 0 spiro atoms. The summed E-state index contributed by atoms with van der Waals surface area (Å²) in [6, 6.07) is 18.0. The molecular weight excluding hydrogens is 338 g/mol. The molecule has 25 heavy (non-hydrogen) atoms. The van der Waals surface area contributed by atoms with Gasteiger partial charge in [0.15, 0.2) is 0 Å². The van der Waals surface area contributed by atoms with Crippen molar-refractivity contribution < 1.29 is 9.53 Å². The third-order valence-corrected chi connectivity index (χ3v) is 3.84. The molecule has 0 aliphatic carbocycles. The van der Waals surface area contributed by atoms with Gasteiger partial charge in [0.25, 0.3) is 5.91 Å². The van der Waals surface area contributed by atoms with E-state index in [1.807, 2.05) is 36.4 Å². The SMILES string of the molecule is Nc1ncccc1C(=O)NCc1ccc(Oc2ccccc2Cl)cc1. The van der Waals surface area contributed by atoms with E-state index >= 15 is 0 Å². The van der Waals surface area contributed by atoms with Crippen molar-refractivity contribution in [3.63, 3.8) is 0 Å². The first-order valence-electron chi connectivity index (χ1n) is 7.63. The molecule has 2 aromatic carbocycles. The van der Waals surface area contributed by atoms with Crippen molar-refractivity contribution in [1.29, 1.82) is 0 Å². The van der Waals surface area contributed by atoms with Crippen LogP contribution in [0, 0.1) is 0 Å². The number of rotatable bonds is 5. The van der Waals surface area contributed by atoms with Crippen LogP contribution in [0.3, 0.4) is 0 Å². The molecule has 0 fully saturated rings. The Morgan fingerprint density at radius 2 is 1.84 bits per heavy atom. The van der Waals surface area contributed by atoms with Crippen molar-refractivity contribution in [1.82, 2.24) is 10.3 Å². The lowest BCUT2D eigenvalue weighted by atomic mass is 10.2. The van der Waals surface area contributed by atoms with Crippen molar-refractivity contribution in [2.45, 2.75) is 6.54 Å². The van der Waals surface area contributed by atoms with Crippen LogP contribution in [-0.2, 0) is 6.54 Å². The van der Waals surface area contributed by atoms with Gasteiger partial charge < -0.3 is 15.8 Å². The first-order valence-corrected chi connectivity index (χ1v) is 8.01. The maximum Gasteiger partial charge on any atom is 0.255 e. The predicted octanol–water partition coefficient (Wildman–Crippen LogP) is 4.04. The van der Waals surface area contributed by atoms with Gasteiger partial charge in [-0.25, -0.2) is 4.98 Å². The zero-order valence-electron chi connectivity index (χ0n) is 13.3. The van der Waals surface area contributed by atoms with Crippen LogP contribution >= 0.6 is 11.6 Å². The summed E-state index contributed by atoms with van der Waals surface area (Å²) in [6.07, 6.45) is 1.55. The van der Waals surface area contributed by atoms with Crippen LogP contribution in [-0.4, -0.2) is 10.9 Å². The lowest BCUT2D eigenvalue weighted by molar-refractivity contribution is 0.0951. The number of ether oxygens (including phenoxy) is 1. The monoisotopic (exact) mass is 353 g/mol. The third-order valence-electron chi connectivity index (χ3n) is 3.52. The van der Waals surface area contributed by atoms with Crippen LogP contribution < -0.4 is 15.8 Å². The summed E-state index contributed by atoms with van der Waals surface area (Å²) in [7, 11) is 0. The van der Waals surface area contributed by atoms with Crippen molar-refractivity contribution >= 4 is 23.3 Å². The minimum absolute atomic E-state index is 0.212. The molecule has 1 aromatic heterocycles. The summed E-state index contributed by atoms with van der Waals surface area (Å²) in [5.41, 5.74) is 6.99. The number of aromatic nitrogens is 1. The molecule has 6 heteroatoms. The number of hydrogen-bond acceptors (Lipinski definition) is 4. The highest BCUT2D eigenvalue weighted by molar-refractivity contribution is 6.32. The Kier molecular flexibility index (Phi) is 5.16. The molecule has 3 aromatic rings. The second-order valence-corrected chi connectivity index (χ2v) is 5.70. The van der Waals surface area contributed by atoms with Gasteiger partial charge in [-0.3, -0.25) is 4.79 Å². The molecule has 0 saturated carbocycles. The number of nitrogen functional groups attached to an aromatic ring is 1. The Labute approximate surface area is 150 Å². The predicted molar refractivity (Wildman–Crippen MR) is 97.8 cm³/mol. The molecule has 3 N–H and O–H groups in total. The van der Waals surface area contributed by atoms with E-state index in [0.717, 1.165) is 5.56 Å². The summed E-state index contributed by atoms with van der Waals surface area (Å²) in [5, 5.41) is 3.36. The fourth-order valence-electron chi connectivity index (χ4n) is 2.22. The van der Waals surface area contributed by atoms with Crippen LogP contribution in [0.4, 0.5) is 5.82 Å². The van der Waals surface area contributed by atoms with Crippen LogP contribution in [0.1, 0.15) is 15.9 Å². The maximum absolute atomic E-state index is 12.1. The smallest absolute Gasteiger partial charge is 0.255 e. The normalized spacial score (nSPS) is 10.3. The van der Waals surface area contributed by atoms with Crippen LogP contribution in [0.15, 0.2) is 66.9 Å². The number of hydrogen-bond donors (Lipinski definition) is 2. The average Bonchev–Trinajstić information content (AvgIpc) is 2.63. The largest absolute Gasteiger partial charge is 0.456 e. The van der Waals surface area contributed by atoms with Gasteiger partial charge in [0, 0.05) is 12.7 Å². The fourth-order valence-corrected chi connectivity index (χ4v) is 2.39. The van der Waals surface area contributed by atoms with E-state index in [-0.39, 0.29) is 11.7 Å². The summed E-state index contributed by atoms with van der Waals surface area (Å²) in [5.74, 6) is 1.21. The minimum atomic E-state index is -0.262. The molecule has 0 aliphatic heterocycles. The van der Waals surface area contributed by atoms with E-state index in [9.17, 15) is 4.79 Å². The van der Waals surface area contributed by atoms with Gasteiger partial charge >= 0.3 is 0 Å². The molecule has 0 saturated heterocycles. The number of nitrogens with one attached hydrogen (secondary N) is 1. The number of benzene rings is 2. The Morgan fingerprint density at radius 3 is 2.56 bits per heavy atom. The Hall–Kier alpha value is -3.05. The molecule has 0 radical (unpaired) electrons. The second kappa shape index (κ2) is 7.68. The number of halogens is 1. The van der Waals surface area contributed by atoms with Crippen molar-refractivity contribution in [3.05, 3.63) is 83.0 Å². The standard InChI is InChI=1S/C19H16ClN3O2/c20-16-5-1-2-6-17(16)25-14-9-7-13(8-10-14)12-23-19(24)15-4-3-11-22-18(15)21/h1-11H,12H2,(H2,21,22)(H,23,24). The van der Waals surface area contributed by atoms with E-state index in [2.05, 4.69) is 10.3 Å². The van der Waals surface area contributed by atoms with Crippen molar-refractivity contribution in [2.75, 3.05) is 5.73 Å². The topological polar surface area (TPSA) is 77.2 Å². The van der Waals surface area contributed by atoms with Gasteiger partial charge in [0.2, 0.25) is 0 Å². The molecule has 0 atom stereocenters. The zero-order valence-corrected chi connectivity index (χ0v) is 14.0. The van der Waals surface area contributed by atoms with E-state index in [1.54, 1.807) is 30.5 Å². The first kappa shape index (κ1) is 16.8. The molecule has 1 heterocycles. The van der Waals surface area contributed by atoms with E-state index in [1.165, 1.54) is 0 Å². The van der Waals surface area contributed by atoms with Gasteiger partial charge in [-0.05, 0) is 42.0 Å². The van der Waals surface area contributed by atoms with Gasteiger partial charge in [-0.2, -0.15) is 0 Å². The lowest BCUT2D eigenvalue weighted by Gasteiger charge is -2.09. The van der Waals surface area contributed by atoms with Crippen molar-refractivity contribution in [2.24, 2.45) is 0 Å². The Bertz CT molecular complexity index is 882. The van der Waals surface area contributed by atoms with Crippen molar-refractivity contribution in [3.8, 4) is 11.5 Å². The van der Waals surface area contributed by atoms with E-state index in [0.29, 0.717) is 28.6 Å². The van der Waals surface area contributed by atoms with Crippen LogP contribution in [0.5, 0.6) is 11.5 Å². The maximum atomic E-state index is 12.1. The Morgan fingerprint density at radius 1 is 1.08 bits per heavy atom. The molecular formula is C19H16ClN3O2. The minimum Gasteiger partial charge on any atom is -0.456 e. The highest BCUT2D eigenvalue weighted by atomic mass is 35.5. The first-order chi connectivity index (χ1) is 12.1. The molecule has 0 unspecified atom stereocenters. The van der Waals surface area contributed by atoms with Gasteiger partial charge in [-0.15, -0.1) is 0 Å². The number of nitrogens with zero attached hydrogens (tertiary/aromatic N) is 1. The fraction of sp³-hybridized carbons (Fsp3) is 0.0526. The molecule has 0 bridgehead atoms. The molecule has 1 amide bonds. The van der Waals surface area contributed by atoms with Crippen LogP contribution in [0.25, 0.3) is 0 Å². The number of para-hydroxylation sites is 1. The van der Waals surface area contributed by atoms with E-state index in [4.69, 9.17) is 22.1 Å². The van der Waals surface area contributed by atoms with E-state index < -0.39 is 0 Å². The molecule has 3 rings (SSSR count). The number of carbonyl (C=O) groups is 1. The van der Waals surface area contributed by atoms with Crippen LogP contribution in [0.2, 0.25) is 5.02 Å². The molecule has 0 aliphatic rings. The highest BCUT2D eigenvalue weighted by Gasteiger charge is 2.09. The Balaban J connectivity index is 1.60. The summed E-state index contributed by atoms with van der Waals surface area (Å²) < 4.78 is 5.73. The second-order valence-electron chi connectivity index (χ2n) is 5.30. The number of anilines is 1. The lowest BCUT2D eigenvalue weighted by Crippen LogP contribution is -2.24. The number of carbonyl (C=O) groups excluding carboxylic acids is 1. The number of pyridine rings is 1. The average molecular weight is 354 g/mol. The molecule has 5 nitrogen and oxygen atoms in total. The van der Waals surface area contributed by atoms with Gasteiger partial charge in [-0.1, -0.05) is 35.9 Å². The summed E-state index contributed by atoms with van der Waals surface area (Å²) >= 11 is 6.07. The summed E-state index contributed by atoms with van der Waals surface area (Å²) in [6.45, 7) is 0.375. The zero-order chi connectivity index (χ0) is 17.6. The van der Waals surface area contributed by atoms with Gasteiger partial charge in [0.1, 0.15) is 17.3 Å². The quantitative estimate of drug-likeness (QED) is 0.725. The number of amides is 1. The third kappa shape index (κ3) is 4.28. The van der Waals surface area contributed by atoms with Gasteiger partial charge in [0.05, 0.1) is 10.6 Å². The highest BCUT2D eigenvalue weighted by Crippen LogP contribution is 2.28. The summed E-state index contributed by atoms with van der Waals surface area (Å²) in [4.78, 5) is 16.0.